The van der Waals surface area contributed by atoms with Gasteiger partial charge in [0.15, 0.2) is 0 Å². The summed E-state index contributed by atoms with van der Waals surface area (Å²) in [6.45, 7) is 8.16. The van der Waals surface area contributed by atoms with E-state index in [-0.39, 0.29) is 0 Å². The minimum absolute atomic E-state index is 0.321. The number of halogens is 1. The van der Waals surface area contributed by atoms with Gasteiger partial charge in [-0.15, -0.1) is 0 Å². The molecule has 0 aliphatic rings. The van der Waals surface area contributed by atoms with Crippen LogP contribution in [-0.4, -0.2) is 44.3 Å². The van der Waals surface area contributed by atoms with Crippen molar-refractivity contribution in [2.24, 2.45) is 0 Å². The molecule has 20 heavy (non-hydrogen) atoms. The van der Waals surface area contributed by atoms with Crippen LogP contribution in [0.15, 0.2) is 24.3 Å². The van der Waals surface area contributed by atoms with Crippen molar-refractivity contribution in [1.82, 2.24) is 10.2 Å². The van der Waals surface area contributed by atoms with Gasteiger partial charge in [-0.25, -0.2) is 0 Å². The van der Waals surface area contributed by atoms with Crippen molar-refractivity contribution in [1.29, 1.82) is 0 Å². The maximum absolute atomic E-state index is 5.95. The normalized spacial score (nSPS) is 14.8. The van der Waals surface area contributed by atoms with Gasteiger partial charge >= 0.3 is 0 Å². The van der Waals surface area contributed by atoms with Gasteiger partial charge in [-0.2, -0.15) is 0 Å². The molecule has 1 N–H and O–H groups in total. The van der Waals surface area contributed by atoms with E-state index in [0.29, 0.717) is 24.7 Å². The van der Waals surface area contributed by atoms with E-state index in [9.17, 15) is 0 Å². The van der Waals surface area contributed by atoms with E-state index in [2.05, 4.69) is 50.2 Å². The average molecular weight is 299 g/mol. The van der Waals surface area contributed by atoms with Crippen LogP contribution in [0.2, 0.25) is 5.02 Å². The van der Waals surface area contributed by atoms with Crippen LogP contribution in [0, 0.1) is 0 Å². The van der Waals surface area contributed by atoms with E-state index in [1.165, 1.54) is 5.56 Å². The van der Waals surface area contributed by atoms with Crippen LogP contribution in [0.4, 0.5) is 0 Å². The maximum Gasteiger partial charge on any atom is 0.0630 e. The van der Waals surface area contributed by atoms with Crippen molar-refractivity contribution in [2.45, 2.75) is 38.9 Å². The Kier molecular flexibility index (Phi) is 7.52. The van der Waals surface area contributed by atoms with Gasteiger partial charge in [0.2, 0.25) is 0 Å². The highest BCUT2D eigenvalue weighted by Crippen LogP contribution is 2.22. The minimum atomic E-state index is 0.321. The summed E-state index contributed by atoms with van der Waals surface area (Å²) in [7, 11) is 3.90. The summed E-state index contributed by atoms with van der Waals surface area (Å²) >= 11 is 5.95. The zero-order valence-electron chi connectivity index (χ0n) is 13.2. The molecule has 0 aliphatic heterocycles. The predicted molar refractivity (Wildman–Crippen MR) is 86.4 cm³/mol. The largest absolute Gasteiger partial charge is 0.383 e. The molecule has 2 unspecified atom stereocenters. The Morgan fingerprint density at radius 1 is 1.20 bits per heavy atom. The van der Waals surface area contributed by atoms with Crippen molar-refractivity contribution in [3.05, 3.63) is 34.9 Å². The number of nitrogens with one attached hydrogen (secondary N) is 1. The first-order valence-electron chi connectivity index (χ1n) is 7.15. The van der Waals surface area contributed by atoms with E-state index in [4.69, 9.17) is 16.3 Å². The quantitative estimate of drug-likeness (QED) is 0.796. The predicted octanol–water partition coefficient (Wildman–Crippen LogP) is 3.35. The molecule has 0 aliphatic carbocycles. The second-order valence-corrected chi connectivity index (χ2v) is 6.00. The highest BCUT2D eigenvalue weighted by Gasteiger charge is 2.21. The lowest BCUT2D eigenvalue weighted by atomic mass is 10.1. The lowest BCUT2D eigenvalue weighted by Crippen LogP contribution is -2.45. The maximum atomic E-state index is 5.95. The molecule has 4 heteroatoms. The van der Waals surface area contributed by atoms with Gasteiger partial charge in [0.25, 0.3) is 0 Å². The Balaban J connectivity index is 2.71. The van der Waals surface area contributed by atoms with Crippen molar-refractivity contribution in [3.8, 4) is 0 Å². The van der Waals surface area contributed by atoms with Crippen molar-refractivity contribution < 1.29 is 4.74 Å². The Hall–Kier alpha value is -0.610. The summed E-state index contributed by atoms with van der Waals surface area (Å²) in [6.07, 6.45) is 0. The van der Waals surface area contributed by atoms with Crippen LogP contribution >= 0.6 is 11.6 Å². The topological polar surface area (TPSA) is 24.5 Å². The van der Waals surface area contributed by atoms with Crippen molar-refractivity contribution in [3.63, 3.8) is 0 Å². The van der Waals surface area contributed by atoms with Gasteiger partial charge in [-0.3, -0.25) is 4.90 Å². The fraction of sp³-hybridized carbons (Fsp3) is 0.625. The van der Waals surface area contributed by atoms with Gasteiger partial charge in [0.1, 0.15) is 0 Å². The highest BCUT2D eigenvalue weighted by molar-refractivity contribution is 6.30. The molecule has 0 fully saturated rings. The van der Waals surface area contributed by atoms with Crippen LogP contribution in [0.1, 0.15) is 32.4 Å². The molecular weight excluding hydrogens is 272 g/mol. The molecule has 3 nitrogen and oxygen atoms in total. The van der Waals surface area contributed by atoms with E-state index in [0.717, 1.165) is 11.6 Å². The van der Waals surface area contributed by atoms with Crippen molar-refractivity contribution >= 4 is 11.6 Å². The number of nitrogens with zero attached hydrogens (tertiary/aromatic N) is 1. The standard InChI is InChI=1S/C16H27ClN2O/c1-12(2)18-10-16(11-20-5)19(4)13(3)14-6-8-15(17)9-7-14/h6-9,12-13,16,18H,10-11H2,1-5H3. The third kappa shape index (κ3) is 5.41. The van der Waals surface area contributed by atoms with Gasteiger partial charge in [-0.1, -0.05) is 37.6 Å². The van der Waals surface area contributed by atoms with Gasteiger partial charge in [0, 0.05) is 36.8 Å². The second kappa shape index (κ2) is 8.63. The first-order chi connectivity index (χ1) is 9.45. The first kappa shape index (κ1) is 17.4. The van der Waals surface area contributed by atoms with Gasteiger partial charge < -0.3 is 10.1 Å². The van der Waals surface area contributed by atoms with Crippen LogP contribution in [0.5, 0.6) is 0 Å². The van der Waals surface area contributed by atoms with Gasteiger partial charge in [0.05, 0.1) is 6.61 Å². The Morgan fingerprint density at radius 3 is 2.30 bits per heavy atom. The zero-order chi connectivity index (χ0) is 15.1. The van der Waals surface area contributed by atoms with E-state index in [1.54, 1.807) is 7.11 Å². The summed E-state index contributed by atoms with van der Waals surface area (Å²) in [6, 6.07) is 9.20. The number of rotatable bonds is 8. The Labute approximate surface area is 128 Å². The van der Waals surface area contributed by atoms with Crippen LogP contribution in [-0.2, 0) is 4.74 Å². The van der Waals surface area contributed by atoms with Crippen molar-refractivity contribution in [2.75, 3.05) is 27.3 Å². The summed E-state index contributed by atoms with van der Waals surface area (Å²) in [5.74, 6) is 0. The number of hydrogen-bond acceptors (Lipinski definition) is 3. The van der Waals surface area contributed by atoms with E-state index < -0.39 is 0 Å². The van der Waals surface area contributed by atoms with Gasteiger partial charge in [-0.05, 0) is 31.7 Å². The third-order valence-corrected chi connectivity index (χ3v) is 3.91. The molecule has 0 radical (unpaired) electrons. The molecule has 0 spiro atoms. The number of likely N-dealkylation sites (N-methyl/N-ethyl adjacent to an activating group) is 1. The molecule has 114 valence electrons. The third-order valence-electron chi connectivity index (χ3n) is 3.66. The number of benzene rings is 1. The summed E-state index contributed by atoms with van der Waals surface area (Å²) in [5, 5.41) is 4.26. The summed E-state index contributed by atoms with van der Waals surface area (Å²) in [5.41, 5.74) is 1.27. The number of ether oxygens (including phenoxy) is 1. The first-order valence-corrected chi connectivity index (χ1v) is 7.53. The Bertz CT molecular complexity index is 381. The molecule has 0 bridgehead atoms. The molecule has 0 aromatic heterocycles. The molecule has 0 amide bonds. The second-order valence-electron chi connectivity index (χ2n) is 5.57. The molecule has 1 aromatic rings. The van der Waals surface area contributed by atoms with Crippen LogP contribution < -0.4 is 5.32 Å². The zero-order valence-corrected chi connectivity index (χ0v) is 13.9. The minimum Gasteiger partial charge on any atom is -0.383 e. The molecule has 2 atom stereocenters. The molecular formula is C16H27ClN2O. The number of methoxy groups -OCH3 is 1. The van der Waals surface area contributed by atoms with E-state index >= 15 is 0 Å². The lowest BCUT2D eigenvalue weighted by molar-refractivity contribution is 0.0826. The summed E-state index contributed by atoms with van der Waals surface area (Å²) in [4.78, 5) is 2.35. The van der Waals surface area contributed by atoms with Crippen LogP contribution in [0.3, 0.4) is 0 Å². The smallest absolute Gasteiger partial charge is 0.0630 e. The molecule has 0 heterocycles. The fourth-order valence-electron chi connectivity index (χ4n) is 2.18. The monoisotopic (exact) mass is 298 g/mol. The average Bonchev–Trinajstić information content (AvgIpc) is 2.42. The molecule has 1 aromatic carbocycles. The fourth-order valence-corrected chi connectivity index (χ4v) is 2.30. The van der Waals surface area contributed by atoms with E-state index in [1.807, 2.05) is 12.1 Å². The molecule has 1 rings (SSSR count). The SMILES string of the molecule is COCC(CNC(C)C)N(C)C(C)c1ccc(Cl)cc1. The Morgan fingerprint density at radius 2 is 1.80 bits per heavy atom. The molecule has 0 saturated carbocycles. The van der Waals surface area contributed by atoms with Crippen LogP contribution in [0.25, 0.3) is 0 Å². The molecule has 0 saturated heterocycles. The number of hydrogen-bond donors (Lipinski definition) is 1. The lowest BCUT2D eigenvalue weighted by Gasteiger charge is -2.33. The summed E-state index contributed by atoms with van der Waals surface area (Å²) < 4.78 is 5.36. The highest BCUT2D eigenvalue weighted by atomic mass is 35.5.